The molecule has 1 N–H and O–H groups in total. The lowest BCUT2D eigenvalue weighted by atomic mass is 9.94. The summed E-state index contributed by atoms with van der Waals surface area (Å²) in [5, 5.41) is 2.75. The van der Waals surface area contributed by atoms with Gasteiger partial charge in [-0.15, -0.1) is 0 Å². The van der Waals surface area contributed by atoms with Gasteiger partial charge >= 0.3 is 0 Å². The standard InChI is InChI=1S/C26H33FN4O4/c1-17(25(33)31-13-9-19(10-14-31)26(34)30-11-4-3-5-12-30)28-23(32)16-22-18(2)35-24(29-22)20-7-6-8-21(27)15-20/h6-8,15,17,19H,3-5,9-14,16H2,1-2H3,(H,28,32)/t17-/m0/s1. The summed E-state index contributed by atoms with van der Waals surface area (Å²) in [4.78, 5) is 46.3. The van der Waals surface area contributed by atoms with Crippen LogP contribution >= 0.6 is 0 Å². The van der Waals surface area contributed by atoms with Gasteiger partial charge in [-0.25, -0.2) is 9.37 Å². The largest absolute Gasteiger partial charge is 0.441 e. The summed E-state index contributed by atoms with van der Waals surface area (Å²) in [6.07, 6.45) is 4.59. The highest BCUT2D eigenvalue weighted by Crippen LogP contribution is 2.24. The minimum Gasteiger partial charge on any atom is -0.441 e. The number of oxazole rings is 1. The third-order valence-electron chi connectivity index (χ3n) is 6.86. The van der Waals surface area contributed by atoms with Crippen molar-refractivity contribution in [1.82, 2.24) is 20.1 Å². The normalized spacial score (nSPS) is 17.8. The van der Waals surface area contributed by atoms with Crippen LogP contribution in [0.15, 0.2) is 28.7 Å². The molecule has 0 aliphatic carbocycles. The number of benzene rings is 1. The quantitative estimate of drug-likeness (QED) is 0.680. The van der Waals surface area contributed by atoms with Crippen molar-refractivity contribution >= 4 is 17.7 Å². The Morgan fingerprint density at radius 2 is 1.83 bits per heavy atom. The molecule has 2 aliphatic heterocycles. The fraction of sp³-hybridized carbons (Fsp3) is 0.538. The molecule has 2 aliphatic rings. The first kappa shape index (κ1) is 24.9. The number of likely N-dealkylation sites (tertiary alicyclic amines) is 2. The molecular weight excluding hydrogens is 451 g/mol. The Morgan fingerprint density at radius 3 is 2.51 bits per heavy atom. The lowest BCUT2D eigenvalue weighted by molar-refractivity contribution is -0.142. The van der Waals surface area contributed by atoms with Crippen LogP contribution in [0.5, 0.6) is 0 Å². The van der Waals surface area contributed by atoms with Gasteiger partial charge in [0.15, 0.2) is 0 Å². The second-order valence-electron chi connectivity index (χ2n) is 9.48. The molecule has 0 bridgehead atoms. The molecule has 0 saturated carbocycles. The predicted molar refractivity (Wildman–Crippen MR) is 128 cm³/mol. The van der Waals surface area contributed by atoms with Crippen LogP contribution in [0.1, 0.15) is 50.5 Å². The summed E-state index contributed by atoms with van der Waals surface area (Å²) in [7, 11) is 0. The fourth-order valence-electron chi connectivity index (χ4n) is 4.84. The summed E-state index contributed by atoms with van der Waals surface area (Å²) in [5.41, 5.74) is 0.934. The Balaban J connectivity index is 1.27. The molecule has 2 saturated heterocycles. The van der Waals surface area contributed by atoms with Crippen LogP contribution in [0, 0.1) is 18.7 Å². The smallest absolute Gasteiger partial charge is 0.244 e. The lowest BCUT2D eigenvalue weighted by Crippen LogP contribution is -2.51. The van der Waals surface area contributed by atoms with E-state index in [4.69, 9.17) is 4.42 Å². The highest BCUT2D eigenvalue weighted by molar-refractivity contribution is 5.88. The summed E-state index contributed by atoms with van der Waals surface area (Å²) < 4.78 is 19.1. The van der Waals surface area contributed by atoms with Crippen molar-refractivity contribution in [3.8, 4) is 11.5 Å². The molecule has 0 unspecified atom stereocenters. The molecule has 1 aromatic carbocycles. The molecule has 35 heavy (non-hydrogen) atoms. The Bertz CT molecular complexity index is 1070. The summed E-state index contributed by atoms with van der Waals surface area (Å²) in [6, 6.07) is 5.21. The molecule has 2 fully saturated rings. The van der Waals surface area contributed by atoms with Gasteiger partial charge in [0.25, 0.3) is 0 Å². The van der Waals surface area contributed by atoms with Crippen LogP contribution in [-0.4, -0.2) is 64.7 Å². The number of amides is 3. The van der Waals surface area contributed by atoms with Gasteiger partial charge in [-0.3, -0.25) is 14.4 Å². The van der Waals surface area contributed by atoms with E-state index in [1.807, 2.05) is 4.90 Å². The van der Waals surface area contributed by atoms with E-state index in [0.29, 0.717) is 42.9 Å². The fourth-order valence-corrected chi connectivity index (χ4v) is 4.84. The van der Waals surface area contributed by atoms with E-state index in [0.717, 1.165) is 25.9 Å². The molecule has 188 valence electrons. The molecule has 3 amide bonds. The van der Waals surface area contributed by atoms with Crippen molar-refractivity contribution in [2.45, 2.75) is 58.4 Å². The van der Waals surface area contributed by atoms with Crippen LogP contribution in [0.4, 0.5) is 4.39 Å². The number of rotatable bonds is 6. The van der Waals surface area contributed by atoms with E-state index >= 15 is 0 Å². The van der Waals surface area contributed by atoms with E-state index in [-0.39, 0.29) is 36.0 Å². The van der Waals surface area contributed by atoms with Crippen LogP contribution in [0.3, 0.4) is 0 Å². The molecule has 9 heteroatoms. The summed E-state index contributed by atoms with van der Waals surface area (Å²) in [5.74, 6) is 0.0191. The van der Waals surface area contributed by atoms with Gasteiger partial charge in [-0.2, -0.15) is 0 Å². The molecule has 0 spiro atoms. The third kappa shape index (κ3) is 6.07. The highest BCUT2D eigenvalue weighted by atomic mass is 19.1. The Morgan fingerprint density at radius 1 is 1.11 bits per heavy atom. The van der Waals surface area contributed by atoms with Gasteiger partial charge < -0.3 is 19.5 Å². The molecular formula is C26H33FN4O4. The maximum atomic E-state index is 13.5. The van der Waals surface area contributed by atoms with Crippen molar-refractivity contribution in [2.75, 3.05) is 26.2 Å². The molecule has 0 radical (unpaired) electrons. The zero-order chi connectivity index (χ0) is 24.9. The predicted octanol–water partition coefficient (Wildman–Crippen LogP) is 3.09. The van der Waals surface area contributed by atoms with Gasteiger partial charge in [0.1, 0.15) is 17.6 Å². The van der Waals surface area contributed by atoms with Crippen molar-refractivity contribution in [3.63, 3.8) is 0 Å². The average Bonchev–Trinajstić information content (AvgIpc) is 3.23. The minimum atomic E-state index is -0.688. The van der Waals surface area contributed by atoms with Gasteiger partial charge in [0.05, 0.1) is 12.1 Å². The van der Waals surface area contributed by atoms with E-state index in [2.05, 4.69) is 10.3 Å². The number of piperidine rings is 2. The number of nitrogens with zero attached hydrogens (tertiary/aromatic N) is 3. The number of halogens is 1. The lowest BCUT2D eigenvalue weighted by Gasteiger charge is -2.36. The number of nitrogens with one attached hydrogen (secondary N) is 1. The monoisotopic (exact) mass is 484 g/mol. The maximum Gasteiger partial charge on any atom is 0.244 e. The van der Waals surface area contributed by atoms with Crippen LogP contribution in [-0.2, 0) is 20.8 Å². The zero-order valence-electron chi connectivity index (χ0n) is 20.4. The zero-order valence-corrected chi connectivity index (χ0v) is 20.4. The number of aryl methyl sites for hydroxylation is 1. The van der Waals surface area contributed by atoms with Gasteiger partial charge in [-0.1, -0.05) is 6.07 Å². The summed E-state index contributed by atoms with van der Waals surface area (Å²) in [6.45, 7) is 6.08. The Hall–Kier alpha value is -3.23. The van der Waals surface area contributed by atoms with Crippen molar-refractivity contribution in [1.29, 1.82) is 0 Å². The van der Waals surface area contributed by atoms with E-state index in [9.17, 15) is 18.8 Å². The SMILES string of the molecule is Cc1oc(-c2cccc(F)c2)nc1CC(=O)N[C@@H](C)C(=O)N1CCC(C(=O)N2CCCCC2)CC1. The van der Waals surface area contributed by atoms with Crippen molar-refractivity contribution in [3.05, 3.63) is 41.5 Å². The first-order chi connectivity index (χ1) is 16.8. The Labute approximate surface area is 204 Å². The Kier molecular flexibility index (Phi) is 7.83. The number of carbonyl (C=O) groups is 3. The second-order valence-corrected chi connectivity index (χ2v) is 9.48. The number of carbonyl (C=O) groups excluding carboxylic acids is 3. The minimum absolute atomic E-state index is 0.0236. The van der Waals surface area contributed by atoms with Gasteiger partial charge in [0, 0.05) is 37.7 Å². The molecule has 1 atom stereocenters. The summed E-state index contributed by atoms with van der Waals surface area (Å²) >= 11 is 0. The topological polar surface area (TPSA) is 95.7 Å². The van der Waals surface area contributed by atoms with E-state index in [1.165, 1.54) is 18.6 Å². The molecule has 1 aromatic heterocycles. The maximum absolute atomic E-state index is 13.5. The average molecular weight is 485 g/mol. The number of hydrogen-bond acceptors (Lipinski definition) is 5. The molecule has 4 rings (SSSR count). The van der Waals surface area contributed by atoms with Crippen molar-refractivity contribution in [2.24, 2.45) is 5.92 Å². The molecule has 8 nitrogen and oxygen atoms in total. The van der Waals surface area contributed by atoms with E-state index < -0.39 is 11.9 Å². The van der Waals surface area contributed by atoms with E-state index in [1.54, 1.807) is 30.9 Å². The highest BCUT2D eigenvalue weighted by Gasteiger charge is 2.32. The van der Waals surface area contributed by atoms with Crippen LogP contribution < -0.4 is 5.32 Å². The van der Waals surface area contributed by atoms with Crippen LogP contribution in [0.25, 0.3) is 11.5 Å². The molecule has 2 aromatic rings. The van der Waals surface area contributed by atoms with Crippen molar-refractivity contribution < 1.29 is 23.2 Å². The van der Waals surface area contributed by atoms with Gasteiger partial charge in [-0.05, 0) is 64.2 Å². The first-order valence-electron chi connectivity index (χ1n) is 12.4. The second kappa shape index (κ2) is 11.0. The van der Waals surface area contributed by atoms with Gasteiger partial charge in [0.2, 0.25) is 23.6 Å². The molecule has 3 heterocycles. The van der Waals surface area contributed by atoms with Crippen LogP contribution in [0.2, 0.25) is 0 Å². The number of aromatic nitrogens is 1. The number of hydrogen-bond donors (Lipinski definition) is 1. The third-order valence-corrected chi connectivity index (χ3v) is 6.86. The first-order valence-corrected chi connectivity index (χ1v) is 12.4.